The van der Waals surface area contributed by atoms with Crippen LogP contribution in [-0.2, 0) is 4.74 Å². The molecule has 3 unspecified atom stereocenters. The van der Waals surface area contributed by atoms with Crippen molar-refractivity contribution >= 4 is 0 Å². The molecule has 1 aliphatic carbocycles. The van der Waals surface area contributed by atoms with Gasteiger partial charge in [-0.15, -0.1) is 12.3 Å². The van der Waals surface area contributed by atoms with Gasteiger partial charge in [0, 0.05) is 19.6 Å². The maximum atomic E-state index is 5.87. The van der Waals surface area contributed by atoms with Crippen LogP contribution in [0.5, 0.6) is 0 Å². The third-order valence-corrected chi connectivity index (χ3v) is 3.96. The van der Waals surface area contributed by atoms with E-state index in [-0.39, 0.29) is 5.60 Å². The van der Waals surface area contributed by atoms with Gasteiger partial charge in [-0.05, 0) is 32.2 Å². The molecule has 0 aromatic heterocycles. The molecule has 3 atom stereocenters. The average Bonchev–Trinajstić information content (AvgIpc) is 2.30. The van der Waals surface area contributed by atoms with Gasteiger partial charge in [-0.2, -0.15) is 0 Å². The number of hydrogen-bond acceptors (Lipinski definition) is 2. The number of ether oxygens (including phenoxy) is 1. The quantitative estimate of drug-likeness (QED) is 0.723. The number of terminal acetylenes is 1. The van der Waals surface area contributed by atoms with E-state index in [9.17, 15) is 0 Å². The normalized spacial score (nSPS) is 32.0. The van der Waals surface area contributed by atoms with Crippen molar-refractivity contribution < 1.29 is 4.74 Å². The molecule has 1 fully saturated rings. The molecule has 0 amide bonds. The van der Waals surface area contributed by atoms with Crippen LogP contribution in [-0.4, -0.2) is 25.8 Å². The van der Waals surface area contributed by atoms with E-state index in [2.05, 4.69) is 18.2 Å². The van der Waals surface area contributed by atoms with Gasteiger partial charge in [0.15, 0.2) is 0 Å². The predicted molar refractivity (Wildman–Crippen MR) is 68.3 cm³/mol. The monoisotopic (exact) mass is 223 g/mol. The molecule has 1 saturated carbocycles. The number of hydrogen-bond donors (Lipinski definition) is 1. The zero-order valence-corrected chi connectivity index (χ0v) is 10.9. The molecule has 0 saturated heterocycles. The molecule has 0 heterocycles. The largest absolute Gasteiger partial charge is 0.377 e. The van der Waals surface area contributed by atoms with Crippen LogP contribution < -0.4 is 5.32 Å². The second-order valence-corrected chi connectivity index (χ2v) is 5.05. The van der Waals surface area contributed by atoms with Gasteiger partial charge in [-0.3, -0.25) is 0 Å². The van der Waals surface area contributed by atoms with Crippen LogP contribution in [0, 0.1) is 18.3 Å². The zero-order valence-electron chi connectivity index (χ0n) is 10.9. The van der Waals surface area contributed by atoms with Crippen LogP contribution in [0.2, 0.25) is 0 Å². The van der Waals surface area contributed by atoms with Gasteiger partial charge in [-0.1, -0.05) is 19.8 Å². The molecule has 92 valence electrons. The Kier molecular flexibility index (Phi) is 5.31. The lowest BCUT2D eigenvalue weighted by molar-refractivity contribution is -0.0790. The highest BCUT2D eigenvalue weighted by molar-refractivity contribution is 4.98. The van der Waals surface area contributed by atoms with E-state index in [1.54, 1.807) is 0 Å². The van der Waals surface area contributed by atoms with Crippen molar-refractivity contribution in [2.45, 2.75) is 57.1 Å². The van der Waals surface area contributed by atoms with Crippen molar-refractivity contribution in [3.8, 4) is 12.3 Å². The van der Waals surface area contributed by atoms with E-state index >= 15 is 0 Å². The standard InChI is InChI=1S/C14H25NO/c1-5-6-9-13(15-3)14(16-4)10-7-8-12(2)11-14/h1,12-13,15H,6-11H2,2-4H3. The highest BCUT2D eigenvalue weighted by atomic mass is 16.5. The Labute approximate surface area is 100 Å². The molecule has 2 heteroatoms. The van der Waals surface area contributed by atoms with Gasteiger partial charge in [0.05, 0.1) is 5.60 Å². The van der Waals surface area contributed by atoms with Crippen molar-refractivity contribution in [1.82, 2.24) is 5.32 Å². The Balaban J connectivity index is 2.71. The summed E-state index contributed by atoms with van der Waals surface area (Å²) < 4.78 is 5.87. The maximum Gasteiger partial charge on any atom is 0.0833 e. The van der Waals surface area contributed by atoms with Crippen LogP contribution in [0.3, 0.4) is 0 Å². The van der Waals surface area contributed by atoms with Crippen LogP contribution in [0.1, 0.15) is 45.4 Å². The fraction of sp³-hybridized carbons (Fsp3) is 0.857. The van der Waals surface area contributed by atoms with Crippen molar-refractivity contribution in [2.24, 2.45) is 5.92 Å². The minimum atomic E-state index is 0.00324. The lowest BCUT2D eigenvalue weighted by Gasteiger charge is -2.44. The molecule has 2 nitrogen and oxygen atoms in total. The summed E-state index contributed by atoms with van der Waals surface area (Å²) in [5, 5.41) is 3.40. The Morgan fingerprint density at radius 1 is 1.62 bits per heavy atom. The van der Waals surface area contributed by atoms with Crippen molar-refractivity contribution in [2.75, 3.05) is 14.2 Å². The molecule has 1 N–H and O–H groups in total. The number of rotatable bonds is 5. The molecular weight excluding hydrogens is 198 g/mol. The summed E-state index contributed by atoms with van der Waals surface area (Å²) in [6.45, 7) is 2.32. The van der Waals surface area contributed by atoms with Gasteiger partial charge in [-0.25, -0.2) is 0 Å². The lowest BCUT2D eigenvalue weighted by atomic mass is 9.73. The molecule has 0 bridgehead atoms. The molecule has 0 spiro atoms. The molecule has 0 aromatic carbocycles. The Hall–Kier alpha value is -0.520. The van der Waals surface area contributed by atoms with Crippen LogP contribution >= 0.6 is 0 Å². The van der Waals surface area contributed by atoms with E-state index in [4.69, 9.17) is 11.2 Å². The van der Waals surface area contributed by atoms with E-state index < -0.39 is 0 Å². The summed E-state index contributed by atoms with van der Waals surface area (Å²) in [7, 11) is 3.86. The molecule has 0 aliphatic heterocycles. The van der Waals surface area contributed by atoms with Gasteiger partial charge < -0.3 is 10.1 Å². The van der Waals surface area contributed by atoms with Gasteiger partial charge in [0.2, 0.25) is 0 Å². The summed E-state index contributed by atoms with van der Waals surface area (Å²) in [6.07, 6.45) is 12.1. The number of methoxy groups -OCH3 is 1. The molecular formula is C14H25NO. The SMILES string of the molecule is C#CCCC(NC)C1(OC)CCCC(C)C1. The Bertz CT molecular complexity index is 246. The summed E-state index contributed by atoms with van der Waals surface area (Å²) in [6, 6.07) is 0.385. The Morgan fingerprint density at radius 2 is 2.38 bits per heavy atom. The first-order valence-corrected chi connectivity index (χ1v) is 6.34. The highest BCUT2D eigenvalue weighted by Gasteiger charge is 2.40. The van der Waals surface area contributed by atoms with Crippen LogP contribution in [0.15, 0.2) is 0 Å². The second kappa shape index (κ2) is 6.27. The van der Waals surface area contributed by atoms with Gasteiger partial charge >= 0.3 is 0 Å². The minimum Gasteiger partial charge on any atom is -0.377 e. The second-order valence-electron chi connectivity index (χ2n) is 5.05. The molecule has 0 radical (unpaired) electrons. The Morgan fingerprint density at radius 3 is 2.88 bits per heavy atom. The van der Waals surface area contributed by atoms with Gasteiger partial charge in [0.25, 0.3) is 0 Å². The number of nitrogens with one attached hydrogen (secondary N) is 1. The highest BCUT2D eigenvalue weighted by Crippen LogP contribution is 2.38. The van der Waals surface area contributed by atoms with Gasteiger partial charge in [0.1, 0.15) is 0 Å². The van der Waals surface area contributed by atoms with Crippen molar-refractivity contribution in [3.05, 3.63) is 0 Å². The summed E-state index contributed by atoms with van der Waals surface area (Å²) >= 11 is 0. The summed E-state index contributed by atoms with van der Waals surface area (Å²) in [5.74, 6) is 3.49. The molecule has 1 rings (SSSR count). The van der Waals surface area contributed by atoms with E-state index in [1.807, 2.05) is 14.2 Å². The van der Waals surface area contributed by atoms with E-state index in [0.29, 0.717) is 6.04 Å². The lowest BCUT2D eigenvalue weighted by Crippen LogP contribution is -2.53. The molecule has 0 aromatic rings. The minimum absolute atomic E-state index is 0.00324. The van der Waals surface area contributed by atoms with E-state index in [0.717, 1.165) is 31.6 Å². The van der Waals surface area contributed by atoms with E-state index in [1.165, 1.54) is 12.8 Å². The third-order valence-electron chi connectivity index (χ3n) is 3.96. The van der Waals surface area contributed by atoms with Crippen LogP contribution in [0.25, 0.3) is 0 Å². The predicted octanol–water partition coefficient (Wildman–Crippen LogP) is 2.58. The summed E-state index contributed by atoms with van der Waals surface area (Å²) in [4.78, 5) is 0. The fourth-order valence-electron chi connectivity index (χ4n) is 3.09. The average molecular weight is 223 g/mol. The number of likely N-dealkylation sites (N-methyl/N-ethyl adjacent to an activating group) is 1. The smallest absolute Gasteiger partial charge is 0.0833 e. The third kappa shape index (κ3) is 2.99. The van der Waals surface area contributed by atoms with Crippen molar-refractivity contribution in [1.29, 1.82) is 0 Å². The first kappa shape index (κ1) is 13.5. The first-order chi connectivity index (χ1) is 7.68. The summed E-state index contributed by atoms with van der Waals surface area (Å²) in [5.41, 5.74) is 0.00324. The molecule has 16 heavy (non-hydrogen) atoms. The fourth-order valence-corrected chi connectivity index (χ4v) is 3.09. The zero-order chi connectivity index (χ0) is 12.0. The van der Waals surface area contributed by atoms with Crippen molar-refractivity contribution in [3.63, 3.8) is 0 Å². The first-order valence-electron chi connectivity index (χ1n) is 6.34. The topological polar surface area (TPSA) is 21.3 Å². The molecule has 1 aliphatic rings. The van der Waals surface area contributed by atoms with Crippen LogP contribution in [0.4, 0.5) is 0 Å². The maximum absolute atomic E-state index is 5.87.